The molecule has 2 aromatic heterocycles. The molecule has 0 unspecified atom stereocenters. The van der Waals surface area contributed by atoms with E-state index in [-0.39, 0.29) is 22.2 Å². The van der Waals surface area contributed by atoms with Crippen LogP contribution in [-0.4, -0.2) is 20.9 Å². The first-order valence-electron chi connectivity index (χ1n) is 4.56. The van der Waals surface area contributed by atoms with Crippen molar-refractivity contribution in [1.29, 1.82) is 0 Å². The minimum Gasteiger partial charge on any atom is -0.306 e. The molecule has 0 aliphatic heterocycles. The summed E-state index contributed by atoms with van der Waals surface area (Å²) in [4.78, 5) is 23.1. The molecule has 1 N–H and O–H groups in total. The molecular formula is C10H6Cl2N4O. The second kappa shape index (κ2) is 5.07. The average Bonchev–Trinajstić information content (AvgIpc) is 2.28. The molecule has 0 spiro atoms. The molecule has 0 saturated heterocycles. The van der Waals surface area contributed by atoms with Gasteiger partial charge in [0.1, 0.15) is 11.0 Å². The van der Waals surface area contributed by atoms with E-state index in [1.807, 2.05) is 0 Å². The molecule has 0 saturated carbocycles. The maximum Gasteiger partial charge on any atom is 0.256 e. The predicted molar refractivity (Wildman–Crippen MR) is 64.2 cm³/mol. The molecule has 2 aromatic rings. The predicted octanol–water partition coefficient (Wildman–Crippen LogP) is 2.43. The molecule has 5 nitrogen and oxygen atoms in total. The molecule has 0 aliphatic rings. The van der Waals surface area contributed by atoms with Crippen LogP contribution in [0, 0.1) is 0 Å². The number of aromatic nitrogens is 3. The zero-order chi connectivity index (χ0) is 12.3. The number of anilines is 1. The Balaban J connectivity index is 2.19. The van der Waals surface area contributed by atoms with Crippen LogP contribution in [0.15, 0.2) is 30.6 Å². The summed E-state index contributed by atoms with van der Waals surface area (Å²) >= 11 is 11.3. The van der Waals surface area contributed by atoms with Gasteiger partial charge < -0.3 is 5.32 Å². The SMILES string of the molecule is O=C(Nc1cc(Cl)nc(Cl)n1)c1ccncc1. The van der Waals surface area contributed by atoms with Gasteiger partial charge in [-0.15, -0.1) is 0 Å². The third kappa shape index (κ3) is 3.12. The van der Waals surface area contributed by atoms with Crippen LogP contribution in [0.4, 0.5) is 5.82 Å². The molecule has 7 heteroatoms. The van der Waals surface area contributed by atoms with Gasteiger partial charge in [-0.05, 0) is 23.7 Å². The Labute approximate surface area is 107 Å². The minimum absolute atomic E-state index is 0.0254. The van der Waals surface area contributed by atoms with Gasteiger partial charge in [0.15, 0.2) is 0 Å². The lowest BCUT2D eigenvalue weighted by Crippen LogP contribution is -2.13. The number of pyridine rings is 1. The monoisotopic (exact) mass is 268 g/mol. The highest BCUT2D eigenvalue weighted by Crippen LogP contribution is 2.15. The molecule has 0 atom stereocenters. The number of hydrogen-bond acceptors (Lipinski definition) is 4. The highest BCUT2D eigenvalue weighted by atomic mass is 35.5. The number of halogens is 2. The van der Waals surface area contributed by atoms with Crippen molar-refractivity contribution in [3.63, 3.8) is 0 Å². The molecule has 2 heterocycles. The van der Waals surface area contributed by atoms with Gasteiger partial charge in [0.2, 0.25) is 5.28 Å². The van der Waals surface area contributed by atoms with Gasteiger partial charge >= 0.3 is 0 Å². The first-order valence-corrected chi connectivity index (χ1v) is 5.32. The lowest BCUT2D eigenvalue weighted by molar-refractivity contribution is 0.102. The number of carbonyl (C=O) groups excluding carboxylic acids is 1. The van der Waals surface area contributed by atoms with Crippen molar-refractivity contribution in [1.82, 2.24) is 15.0 Å². The molecule has 2 rings (SSSR count). The lowest BCUT2D eigenvalue weighted by atomic mass is 10.2. The van der Waals surface area contributed by atoms with Crippen molar-refractivity contribution in [2.75, 3.05) is 5.32 Å². The highest BCUT2D eigenvalue weighted by Gasteiger charge is 2.08. The van der Waals surface area contributed by atoms with E-state index < -0.39 is 0 Å². The normalized spacial score (nSPS) is 10.0. The number of amides is 1. The maximum absolute atomic E-state index is 11.8. The average molecular weight is 269 g/mol. The Morgan fingerprint density at radius 2 is 1.88 bits per heavy atom. The zero-order valence-electron chi connectivity index (χ0n) is 8.39. The molecule has 0 radical (unpaired) electrons. The zero-order valence-corrected chi connectivity index (χ0v) is 9.90. The smallest absolute Gasteiger partial charge is 0.256 e. The summed E-state index contributed by atoms with van der Waals surface area (Å²) in [6, 6.07) is 4.58. The van der Waals surface area contributed by atoms with E-state index in [0.717, 1.165) is 0 Å². The van der Waals surface area contributed by atoms with Crippen LogP contribution in [0.3, 0.4) is 0 Å². The largest absolute Gasteiger partial charge is 0.306 e. The molecule has 0 aromatic carbocycles. The van der Waals surface area contributed by atoms with E-state index in [9.17, 15) is 4.79 Å². The standard InChI is InChI=1S/C10H6Cl2N4O/c11-7-5-8(16-10(12)14-7)15-9(17)6-1-3-13-4-2-6/h1-5H,(H,14,15,16,17). The fourth-order valence-corrected chi connectivity index (χ4v) is 1.55. The van der Waals surface area contributed by atoms with E-state index in [2.05, 4.69) is 20.3 Å². The number of nitrogens with one attached hydrogen (secondary N) is 1. The summed E-state index contributed by atoms with van der Waals surface area (Å²) in [5, 5.41) is 2.69. The summed E-state index contributed by atoms with van der Waals surface area (Å²) in [6.45, 7) is 0. The Kier molecular flexibility index (Phi) is 3.51. The van der Waals surface area contributed by atoms with Crippen molar-refractivity contribution in [2.45, 2.75) is 0 Å². The van der Waals surface area contributed by atoms with Gasteiger partial charge in [-0.3, -0.25) is 9.78 Å². The molecule has 0 aliphatic carbocycles. The van der Waals surface area contributed by atoms with Crippen LogP contribution in [0.25, 0.3) is 0 Å². The van der Waals surface area contributed by atoms with Crippen molar-refractivity contribution in [2.24, 2.45) is 0 Å². The summed E-state index contributed by atoms with van der Waals surface area (Å²) in [6.07, 6.45) is 3.05. The summed E-state index contributed by atoms with van der Waals surface area (Å²) < 4.78 is 0. The van der Waals surface area contributed by atoms with E-state index in [1.54, 1.807) is 12.1 Å². The Hall–Kier alpha value is -1.72. The Morgan fingerprint density at radius 3 is 2.53 bits per heavy atom. The molecule has 1 amide bonds. The van der Waals surface area contributed by atoms with Crippen LogP contribution < -0.4 is 5.32 Å². The fraction of sp³-hybridized carbons (Fsp3) is 0. The second-order valence-corrected chi connectivity index (χ2v) is 3.76. The lowest BCUT2D eigenvalue weighted by Gasteiger charge is -2.04. The van der Waals surface area contributed by atoms with E-state index in [0.29, 0.717) is 5.56 Å². The second-order valence-electron chi connectivity index (χ2n) is 3.03. The Morgan fingerprint density at radius 1 is 1.18 bits per heavy atom. The van der Waals surface area contributed by atoms with Gasteiger partial charge in [0, 0.05) is 24.0 Å². The molecule has 17 heavy (non-hydrogen) atoms. The summed E-state index contributed by atoms with van der Waals surface area (Å²) in [7, 11) is 0. The van der Waals surface area contributed by atoms with Crippen LogP contribution in [-0.2, 0) is 0 Å². The molecular weight excluding hydrogens is 263 g/mol. The van der Waals surface area contributed by atoms with E-state index >= 15 is 0 Å². The Bertz CT molecular complexity index is 527. The maximum atomic E-state index is 11.8. The molecule has 0 bridgehead atoms. The summed E-state index contributed by atoms with van der Waals surface area (Å²) in [5.74, 6) is -0.0740. The third-order valence-corrected chi connectivity index (χ3v) is 2.21. The first-order chi connectivity index (χ1) is 8.15. The van der Waals surface area contributed by atoms with Gasteiger partial charge in [-0.25, -0.2) is 9.97 Å². The summed E-state index contributed by atoms with van der Waals surface area (Å²) in [5.41, 5.74) is 0.464. The number of nitrogens with zero attached hydrogens (tertiary/aromatic N) is 3. The third-order valence-electron chi connectivity index (χ3n) is 1.85. The molecule has 0 fully saturated rings. The van der Waals surface area contributed by atoms with Crippen LogP contribution in [0.2, 0.25) is 10.4 Å². The first kappa shape index (κ1) is 11.8. The van der Waals surface area contributed by atoms with Crippen molar-refractivity contribution >= 4 is 34.9 Å². The number of hydrogen-bond donors (Lipinski definition) is 1. The van der Waals surface area contributed by atoms with Crippen molar-refractivity contribution in [3.05, 3.63) is 46.6 Å². The number of rotatable bonds is 2. The van der Waals surface area contributed by atoms with Crippen LogP contribution in [0.5, 0.6) is 0 Å². The van der Waals surface area contributed by atoms with E-state index in [1.165, 1.54) is 18.5 Å². The van der Waals surface area contributed by atoms with E-state index in [4.69, 9.17) is 23.2 Å². The quantitative estimate of drug-likeness (QED) is 0.671. The van der Waals surface area contributed by atoms with Crippen LogP contribution >= 0.6 is 23.2 Å². The van der Waals surface area contributed by atoms with Gasteiger partial charge in [-0.1, -0.05) is 11.6 Å². The fourth-order valence-electron chi connectivity index (χ4n) is 1.15. The van der Waals surface area contributed by atoms with Crippen molar-refractivity contribution < 1.29 is 4.79 Å². The van der Waals surface area contributed by atoms with Gasteiger partial charge in [0.05, 0.1) is 0 Å². The van der Waals surface area contributed by atoms with Gasteiger partial charge in [-0.2, -0.15) is 0 Å². The number of carbonyl (C=O) groups is 1. The highest BCUT2D eigenvalue weighted by molar-refractivity contribution is 6.32. The van der Waals surface area contributed by atoms with Crippen molar-refractivity contribution in [3.8, 4) is 0 Å². The molecule has 86 valence electrons. The van der Waals surface area contributed by atoms with Gasteiger partial charge in [0.25, 0.3) is 5.91 Å². The topological polar surface area (TPSA) is 67.8 Å². The van der Waals surface area contributed by atoms with Crippen LogP contribution in [0.1, 0.15) is 10.4 Å². The minimum atomic E-state index is -0.321.